The fraction of sp³-hybridized carbons (Fsp3) is 0.276. The molecule has 0 saturated heterocycles. The smallest absolute Gasteiger partial charge is 0.157 e. The zero-order chi connectivity index (χ0) is 28.2. The van der Waals surface area contributed by atoms with Crippen molar-refractivity contribution in [2.24, 2.45) is 5.10 Å². The van der Waals surface area contributed by atoms with Crippen molar-refractivity contribution in [3.8, 4) is 11.5 Å². The summed E-state index contributed by atoms with van der Waals surface area (Å²) in [5, 5.41) is 15.1. The summed E-state index contributed by atoms with van der Waals surface area (Å²) in [5.74, 6) is 1.56. The number of likely N-dealkylation sites (N-methyl/N-ethyl adjacent to an activating group) is 1. The van der Waals surface area contributed by atoms with Gasteiger partial charge in [0.25, 0.3) is 0 Å². The molecule has 0 aliphatic rings. The predicted molar refractivity (Wildman–Crippen MR) is 150 cm³/mol. The number of nitrogens with zero attached hydrogens (tertiary/aromatic N) is 4. The Morgan fingerprint density at radius 1 is 1.10 bits per heavy atom. The Morgan fingerprint density at radius 3 is 2.67 bits per heavy atom. The number of fused-ring (bicyclic) bond motifs is 2. The molecule has 0 aliphatic carbocycles. The van der Waals surface area contributed by atoms with Gasteiger partial charge >= 0.3 is 0 Å². The van der Waals surface area contributed by atoms with Crippen LogP contribution in [-0.4, -0.2) is 79.4 Å². The van der Waals surface area contributed by atoms with Gasteiger partial charge in [-0.3, -0.25) is 19.4 Å². The van der Waals surface area contributed by atoms with E-state index >= 15 is 0 Å². The maximum Gasteiger partial charge on any atom is 0.157 e. The molecule has 2 aromatic carbocycles. The highest BCUT2D eigenvalue weighted by Crippen LogP contribution is 2.27. The zero-order valence-electron chi connectivity index (χ0n) is 22.5. The van der Waals surface area contributed by atoms with Crippen molar-refractivity contribution in [2.75, 3.05) is 47.6 Å². The lowest BCUT2D eigenvalue weighted by molar-refractivity contribution is -0.104. The second-order valence-electron chi connectivity index (χ2n) is 8.36. The number of aldehydes is 1. The lowest BCUT2D eigenvalue weighted by Gasteiger charge is -2.17. The topological polar surface area (TPSA) is 98.4 Å². The number of benzene rings is 2. The number of aliphatic hydroxyl groups is 1. The molecule has 0 bridgehead atoms. The molecule has 2 aromatic heterocycles. The van der Waals surface area contributed by atoms with Gasteiger partial charge < -0.3 is 19.3 Å². The molecule has 10 heteroatoms. The SMILES string of the molecule is CO.COCCOc1ccc2c(OCCN(C)/N=C(\C=C/C=O)n3cc(C)c4ccc(F)cc43)ccnc2c1. The minimum absolute atomic E-state index is 0.342. The Balaban J connectivity index is 0.00000205. The van der Waals surface area contributed by atoms with Crippen LogP contribution in [0.25, 0.3) is 21.8 Å². The molecular formula is C29H33FN4O5. The van der Waals surface area contributed by atoms with E-state index in [1.807, 2.05) is 44.4 Å². The first-order chi connectivity index (χ1) is 19.0. The highest BCUT2D eigenvalue weighted by atomic mass is 19.1. The van der Waals surface area contributed by atoms with Gasteiger partial charge in [0.2, 0.25) is 0 Å². The summed E-state index contributed by atoms with van der Waals surface area (Å²) in [4.78, 5) is 15.4. The fourth-order valence-electron chi connectivity index (χ4n) is 3.92. The summed E-state index contributed by atoms with van der Waals surface area (Å²) in [6.07, 6.45) is 7.20. The summed E-state index contributed by atoms with van der Waals surface area (Å²) in [5.41, 5.74) is 2.41. The molecule has 0 fully saturated rings. The number of methoxy groups -OCH3 is 1. The van der Waals surface area contributed by atoms with Crippen LogP contribution in [0.15, 0.2) is 72.1 Å². The summed E-state index contributed by atoms with van der Waals surface area (Å²) < 4.78 is 32.5. The van der Waals surface area contributed by atoms with Crippen LogP contribution in [0.4, 0.5) is 4.39 Å². The summed E-state index contributed by atoms with van der Waals surface area (Å²) >= 11 is 0. The van der Waals surface area contributed by atoms with Gasteiger partial charge in [0.15, 0.2) is 5.84 Å². The first kappa shape index (κ1) is 29.3. The molecule has 206 valence electrons. The molecule has 4 rings (SSSR count). The average molecular weight is 537 g/mol. The van der Waals surface area contributed by atoms with Crippen molar-refractivity contribution in [2.45, 2.75) is 6.92 Å². The largest absolute Gasteiger partial charge is 0.491 e. The van der Waals surface area contributed by atoms with Crippen LogP contribution in [0.5, 0.6) is 11.5 Å². The number of aromatic nitrogens is 2. The molecule has 9 nitrogen and oxygen atoms in total. The molecule has 0 radical (unpaired) electrons. The molecule has 4 aromatic rings. The number of aliphatic hydroxyl groups excluding tert-OH is 1. The van der Waals surface area contributed by atoms with Gasteiger partial charge in [-0.2, -0.15) is 5.10 Å². The third kappa shape index (κ3) is 7.62. The van der Waals surface area contributed by atoms with E-state index in [0.717, 1.165) is 29.0 Å². The van der Waals surface area contributed by atoms with E-state index in [9.17, 15) is 9.18 Å². The Bertz CT molecular complexity index is 1450. The Kier molecular flexibility index (Phi) is 11.0. The van der Waals surface area contributed by atoms with Crippen molar-refractivity contribution < 1.29 is 28.5 Å². The van der Waals surface area contributed by atoms with E-state index in [1.165, 1.54) is 18.2 Å². The number of hydrogen-bond donors (Lipinski definition) is 1. The minimum atomic E-state index is -0.342. The van der Waals surface area contributed by atoms with Crippen molar-refractivity contribution in [1.29, 1.82) is 0 Å². The summed E-state index contributed by atoms with van der Waals surface area (Å²) in [7, 11) is 4.44. The first-order valence-corrected chi connectivity index (χ1v) is 12.3. The minimum Gasteiger partial charge on any atom is -0.491 e. The molecule has 0 unspecified atom stereocenters. The third-order valence-corrected chi connectivity index (χ3v) is 5.71. The van der Waals surface area contributed by atoms with Crippen molar-refractivity contribution in [1.82, 2.24) is 14.6 Å². The second kappa shape index (κ2) is 14.6. The van der Waals surface area contributed by atoms with Crippen molar-refractivity contribution in [3.63, 3.8) is 0 Å². The molecule has 0 atom stereocenters. The average Bonchev–Trinajstić information content (AvgIpc) is 3.27. The monoisotopic (exact) mass is 536 g/mol. The summed E-state index contributed by atoms with van der Waals surface area (Å²) in [6, 6.07) is 12.1. The van der Waals surface area contributed by atoms with Crippen molar-refractivity contribution >= 4 is 33.9 Å². The van der Waals surface area contributed by atoms with E-state index < -0.39 is 0 Å². The van der Waals surface area contributed by atoms with Crippen LogP contribution in [0, 0.1) is 12.7 Å². The molecule has 39 heavy (non-hydrogen) atoms. The fourth-order valence-corrected chi connectivity index (χ4v) is 3.92. The number of aryl methyl sites for hydroxylation is 1. The number of carbonyl (C=O) groups is 1. The molecule has 1 N–H and O–H groups in total. The number of hydrazone groups is 1. The number of rotatable bonds is 11. The lowest BCUT2D eigenvalue weighted by atomic mass is 10.2. The van der Waals surface area contributed by atoms with Crippen LogP contribution in [0.1, 0.15) is 5.56 Å². The van der Waals surface area contributed by atoms with E-state index in [0.29, 0.717) is 55.5 Å². The maximum atomic E-state index is 14.0. The van der Waals surface area contributed by atoms with Gasteiger partial charge in [-0.05, 0) is 61.0 Å². The normalized spacial score (nSPS) is 11.5. The zero-order valence-corrected chi connectivity index (χ0v) is 22.5. The number of hydrogen-bond acceptors (Lipinski definition) is 8. The van der Waals surface area contributed by atoms with Crippen LogP contribution in [0.2, 0.25) is 0 Å². The standard InChI is InChI=1S/C28H29FN4O4.CH4O/c1-20-19-33(26-17-21(29)6-8-23(20)26)28(5-4-13-34)31-32(2)12-14-37-27-10-11-30-25-18-22(7-9-24(25)27)36-16-15-35-3;1-2/h4-11,13,17-19H,12,14-16H2,1-3H3;2H,1H3/b5-4-,31-28+;. The molecule has 0 saturated carbocycles. The maximum absolute atomic E-state index is 14.0. The van der Waals surface area contributed by atoms with Crippen molar-refractivity contribution in [3.05, 3.63) is 78.4 Å². The molecule has 0 aliphatic heterocycles. The quantitative estimate of drug-likeness (QED) is 0.0766. The van der Waals surface area contributed by atoms with Gasteiger partial charge in [0.1, 0.15) is 36.8 Å². The third-order valence-electron chi connectivity index (χ3n) is 5.71. The number of ether oxygens (including phenoxy) is 3. The van der Waals surface area contributed by atoms with Crippen LogP contribution in [0.3, 0.4) is 0 Å². The molecule has 0 amide bonds. The van der Waals surface area contributed by atoms with E-state index in [4.69, 9.17) is 19.3 Å². The number of pyridine rings is 1. The first-order valence-electron chi connectivity index (χ1n) is 12.3. The Labute approximate surface area is 226 Å². The highest BCUT2D eigenvalue weighted by molar-refractivity contribution is 6.03. The van der Waals surface area contributed by atoms with E-state index in [2.05, 4.69) is 10.1 Å². The molecule has 2 heterocycles. The van der Waals surface area contributed by atoms with Gasteiger partial charge in [-0.25, -0.2) is 4.39 Å². The summed E-state index contributed by atoms with van der Waals surface area (Å²) in [6.45, 7) is 3.74. The number of carbonyl (C=O) groups excluding carboxylic acids is 1. The number of allylic oxidation sites excluding steroid dienone is 2. The van der Waals surface area contributed by atoms with Gasteiger partial charge in [-0.1, -0.05) is 0 Å². The van der Waals surface area contributed by atoms with Crippen LogP contribution in [-0.2, 0) is 9.53 Å². The van der Waals surface area contributed by atoms with Crippen LogP contribution >= 0.6 is 0 Å². The van der Waals surface area contributed by atoms with Gasteiger partial charge in [0.05, 0.1) is 24.2 Å². The van der Waals surface area contributed by atoms with Gasteiger partial charge in [0, 0.05) is 50.5 Å². The lowest BCUT2D eigenvalue weighted by Crippen LogP contribution is -2.22. The van der Waals surface area contributed by atoms with E-state index in [-0.39, 0.29) is 5.82 Å². The van der Waals surface area contributed by atoms with E-state index in [1.54, 1.807) is 35.0 Å². The second-order valence-corrected chi connectivity index (χ2v) is 8.36. The van der Waals surface area contributed by atoms with Gasteiger partial charge in [-0.15, -0.1) is 0 Å². The van der Waals surface area contributed by atoms with Crippen LogP contribution < -0.4 is 9.47 Å². The predicted octanol–water partition coefficient (Wildman–Crippen LogP) is 4.20. The number of halogens is 1. The highest BCUT2D eigenvalue weighted by Gasteiger charge is 2.11. The molecular weight excluding hydrogens is 503 g/mol. The molecule has 0 spiro atoms. The Morgan fingerprint density at radius 2 is 1.90 bits per heavy atom. The Hall–Kier alpha value is -4.28.